The number of hydrogen-bond acceptors (Lipinski definition) is 6. The predicted molar refractivity (Wildman–Crippen MR) is 151 cm³/mol. The van der Waals surface area contributed by atoms with Crippen molar-refractivity contribution in [2.75, 3.05) is 26.4 Å². The van der Waals surface area contributed by atoms with Gasteiger partial charge in [-0.05, 0) is 66.1 Å². The van der Waals surface area contributed by atoms with Gasteiger partial charge in [-0.3, -0.25) is 0 Å². The first-order valence-corrected chi connectivity index (χ1v) is 13.8. The molecule has 0 aromatic carbocycles. The highest BCUT2D eigenvalue weighted by Crippen LogP contribution is 2.42. The van der Waals surface area contributed by atoms with Crippen molar-refractivity contribution in [2.45, 2.75) is 69.9 Å². The van der Waals surface area contributed by atoms with E-state index in [9.17, 15) is 0 Å². The van der Waals surface area contributed by atoms with Gasteiger partial charge in [-0.15, -0.1) is 0 Å². The molecular formula is C31H38N4O4. The van der Waals surface area contributed by atoms with Gasteiger partial charge in [0.1, 0.15) is 11.3 Å². The van der Waals surface area contributed by atoms with Gasteiger partial charge >= 0.3 is 0 Å². The zero-order valence-electron chi connectivity index (χ0n) is 21.6. The van der Waals surface area contributed by atoms with Crippen LogP contribution >= 0.6 is 0 Å². The Morgan fingerprint density at radius 3 is 2.00 bits per heavy atom. The van der Waals surface area contributed by atoms with E-state index in [0.717, 1.165) is 88.1 Å². The summed E-state index contributed by atoms with van der Waals surface area (Å²) in [7, 11) is 0. The largest absolute Gasteiger partial charge is 0.348 e. The molecule has 2 spiro atoms. The number of allylic oxidation sites excluding steroid dienone is 1. The molecular weight excluding hydrogens is 492 g/mol. The molecule has 2 saturated heterocycles. The quantitative estimate of drug-likeness (QED) is 0.308. The van der Waals surface area contributed by atoms with Crippen LogP contribution in [0.1, 0.15) is 69.4 Å². The maximum Gasteiger partial charge on any atom is 0.172 e. The van der Waals surface area contributed by atoms with Gasteiger partial charge in [0.05, 0.1) is 26.4 Å². The van der Waals surface area contributed by atoms with Gasteiger partial charge in [0.15, 0.2) is 11.6 Å². The number of aromatic amines is 2. The minimum Gasteiger partial charge on any atom is -0.348 e. The predicted octanol–water partition coefficient (Wildman–Crippen LogP) is 6.47. The molecule has 0 radical (unpaired) electrons. The Morgan fingerprint density at radius 1 is 0.744 bits per heavy atom. The van der Waals surface area contributed by atoms with Gasteiger partial charge in [-0.1, -0.05) is 13.5 Å². The summed E-state index contributed by atoms with van der Waals surface area (Å²) in [4.78, 5) is 15.2. The minimum atomic E-state index is -0.338. The first kappa shape index (κ1) is 26.2. The summed E-state index contributed by atoms with van der Waals surface area (Å²) in [5.74, 6) is -0.0118. The molecule has 0 amide bonds. The third-order valence-electron chi connectivity index (χ3n) is 8.47. The molecule has 8 rings (SSSR count). The van der Waals surface area contributed by atoms with Crippen LogP contribution in [0.5, 0.6) is 0 Å². The summed E-state index contributed by atoms with van der Waals surface area (Å²) in [6.45, 7) is 2.95. The average molecular weight is 531 g/mol. The van der Waals surface area contributed by atoms with E-state index in [4.69, 9.17) is 18.9 Å². The molecule has 3 fully saturated rings. The molecule has 1 saturated carbocycles. The monoisotopic (exact) mass is 530 g/mol. The molecule has 0 unspecified atom stereocenters. The summed E-state index contributed by atoms with van der Waals surface area (Å²) < 4.78 is 23.0. The zero-order chi connectivity index (χ0) is 25.4. The number of pyridine rings is 2. The van der Waals surface area contributed by atoms with Crippen molar-refractivity contribution in [1.29, 1.82) is 0 Å². The lowest BCUT2D eigenvalue weighted by Gasteiger charge is -2.35. The van der Waals surface area contributed by atoms with Crippen molar-refractivity contribution >= 4 is 27.6 Å². The molecule has 6 heterocycles. The number of fused-ring (bicyclic) bond motifs is 2. The smallest absolute Gasteiger partial charge is 0.172 e. The molecule has 8 heteroatoms. The van der Waals surface area contributed by atoms with Gasteiger partial charge in [0.25, 0.3) is 0 Å². The lowest BCUT2D eigenvalue weighted by atomic mass is 9.81. The van der Waals surface area contributed by atoms with Crippen LogP contribution in [0.4, 0.5) is 0 Å². The average Bonchev–Trinajstić information content (AvgIpc) is 3.78. The van der Waals surface area contributed by atoms with Gasteiger partial charge in [0.2, 0.25) is 0 Å². The van der Waals surface area contributed by atoms with Crippen molar-refractivity contribution in [1.82, 2.24) is 19.9 Å². The highest BCUT2D eigenvalue weighted by atomic mass is 16.7. The van der Waals surface area contributed by atoms with Crippen molar-refractivity contribution < 1.29 is 18.9 Å². The van der Waals surface area contributed by atoms with Crippen LogP contribution < -0.4 is 0 Å². The number of nitrogens with zero attached hydrogens (tertiary/aromatic N) is 2. The van der Waals surface area contributed by atoms with Gasteiger partial charge < -0.3 is 28.9 Å². The Labute approximate surface area is 229 Å². The second kappa shape index (κ2) is 10.8. The third-order valence-corrected chi connectivity index (χ3v) is 8.47. The summed E-state index contributed by atoms with van der Waals surface area (Å²) >= 11 is 0. The summed E-state index contributed by atoms with van der Waals surface area (Å²) in [5, 5.41) is 2.36. The second-order valence-electron chi connectivity index (χ2n) is 10.7. The number of nitrogens with one attached hydrogen (secondary N) is 2. The van der Waals surface area contributed by atoms with E-state index in [1.165, 1.54) is 22.1 Å². The van der Waals surface area contributed by atoms with Crippen LogP contribution in [0.15, 0.2) is 55.1 Å². The Balaban J connectivity index is 0.000000138. The van der Waals surface area contributed by atoms with Crippen LogP contribution in [0, 0.1) is 0 Å². The number of aromatic nitrogens is 4. The Kier molecular flexibility index (Phi) is 7.29. The molecule has 0 atom stereocenters. The van der Waals surface area contributed by atoms with Gasteiger partial charge in [-0.25, -0.2) is 9.97 Å². The topological polar surface area (TPSA) is 94.3 Å². The van der Waals surface area contributed by atoms with Crippen molar-refractivity contribution in [2.24, 2.45) is 0 Å². The van der Waals surface area contributed by atoms with E-state index in [1.807, 2.05) is 24.8 Å². The molecule has 39 heavy (non-hydrogen) atoms. The molecule has 4 aliphatic rings. The van der Waals surface area contributed by atoms with Crippen LogP contribution in [0.3, 0.4) is 0 Å². The maximum absolute atomic E-state index is 5.78. The minimum absolute atomic E-state index is 0. The molecule has 206 valence electrons. The SMILES string of the molecule is C.C1=C(c2cnc3[nH]ccc3c2)CCC2(C1)OCCO2.c1cc2cc(C3CCC4(CC3)OCCO4)cnc2[nH]1. The van der Waals surface area contributed by atoms with Crippen LogP contribution in [0.25, 0.3) is 27.6 Å². The fourth-order valence-electron chi connectivity index (χ4n) is 6.30. The van der Waals surface area contributed by atoms with Gasteiger partial charge in [0, 0.05) is 61.2 Å². The summed E-state index contributed by atoms with van der Waals surface area (Å²) in [6, 6.07) is 8.59. The molecule has 2 N–H and O–H groups in total. The second-order valence-corrected chi connectivity index (χ2v) is 10.7. The zero-order valence-corrected chi connectivity index (χ0v) is 21.6. The molecule has 2 aliphatic carbocycles. The summed E-state index contributed by atoms with van der Waals surface area (Å²) in [6.07, 6.45) is 17.1. The van der Waals surface area contributed by atoms with E-state index in [2.05, 4.69) is 50.3 Å². The Hall–Kier alpha value is -3.04. The van der Waals surface area contributed by atoms with Crippen LogP contribution in [-0.2, 0) is 18.9 Å². The summed E-state index contributed by atoms with van der Waals surface area (Å²) in [5.41, 5.74) is 5.82. The number of H-pyrrole nitrogens is 2. The Bertz CT molecular complexity index is 1440. The lowest BCUT2D eigenvalue weighted by Crippen LogP contribution is -2.34. The highest BCUT2D eigenvalue weighted by molar-refractivity contribution is 5.80. The molecule has 2 aliphatic heterocycles. The van der Waals surface area contributed by atoms with Crippen LogP contribution in [0.2, 0.25) is 0 Å². The van der Waals surface area contributed by atoms with Crippen molar-refractivity contribution in [3.8, 4) is 0 Å². The third kappa shape index (κ3) is 5.26. The van der Waals surface area contributed by atoms with E-state index in [0.29, 0.717) is 5.92 Å². The fourth-order valence-corrected chi connectivity index (χ4v) is 6.30. The standard InChI is InChI=1S/C15H18N2O2.C15H16N2O2.CH4/c2*1-4-15(18-7-8-19-15)5-2-11(1)13-9-12-3-6-16-14(12)17-10-13;/h3,6,9-11H,1-2,4-5,7-8H2,(H,16,17);1,3,6,9-10H,2,4-5,7-8H2,(H,16,17);1H4. The molecule has 4 aromatic heterocycles. The Morgan fingerprint density at radius 2 is 1.36 bits per heavy atom. The number of rotatable bonds is 2. The molecule has 4 aromatic rings. The maximum atomic E-state index is 5.78. The van der Waals surface area contributed by atoms with Crippen molar-refractivity contribution in [3.63, 3.8) is 0 Å². The number of hydrogen-bond donors (Lipinski definition) is 2. The lowest BCUT2D eigenvalue weighted by molar-refractivity contribution is -0.178. The van der Waals surface area contributed by atoms with Gasteiger partial charge in [-0.2, -0.15) is 0 Å². The van der Waals surface area contributed by atoms with Crippen molar-refractivity contribution in [3.05, 3.63) is 66.3 Å². The van der Waals surface area contributed by atoms with E-state index in [1.54, 1.807) is 0 Å². The van der Waals surface area contributed by atoms with Crippen LogP contribution in [-0.4, -0.2) is 57.9 Å². The fraction of sp³-hybridized carbons (Fsp3) is 0.484. The number of ether oxygens (including phenoxy) is 4. The van der Waals surface area contributed by atoms with E-state index < -0.39 is 0 Å². The first-order chi connectivity index (χ1) is 18.7. The highest BCUT2D eigenvalue weighted by Gasteiger charge is 2.40. The molecule has 8 nitrogen and oxygen atoms in total. The van der Waals surface area contributed by atoms with E-state index in [-0.39, 0.29) is 19.0 Å². The first-order valence-electron chi connectivity index (χ1n) is 13.8. The normalized spacial score (nSPS) is 22.1. The van der Waals surface area contributed by atoms with E-state index >= 15 is 0 Å². The molecule has 0 bridgehead atoms.